The van der Waals surface area contributed by atoms with Crippen molar-refractivity contribution in [2.75, 3.05) is 26.2 Å². The summed E-state index contributed by atoms with van der Waals surface area (Å²) >= 11 is 5.99. The van der Waals surface area contributed by atoms with E-state index >= 15 is 0 Å². The van der Waals surface area contributed by atoms with Crippen LogP contribution in [0.5, 0.6) is 0 Å². The van der Waals surface area contributed by atoms with Crippen LogP contribution >= 0.6 is 11.6 Å². The van der Waals surface area contributed by atoms with Gasteiger partial charge in [0.1, 0.15) is 0 Å². The van der Waals surface area contributed by atoms with Gasteiger partial charge >= 0.3 is 0 Å². The number of primary amides is 1. The number of aromatic nitrogens is 2. The van der Waals surface area contributed by atoms with Crippen molar-refractivity contribution in [2.45, 2.75) is 19.3 Å². The number of hydrogen-bond acceptors (Lipinski definition) is 4. The first-order valence-corrected chi connectivity index (χ1v) is 9.51. The van der Waals surface area contributed by atoms with Crippen LogP contribution in [0.2, 0.25) is 5.02 Å². The molecule has 27 heavy (non-hydrogen) atoms. The highest BCUT2D eigenvalue weighted by Gasteiger charge is 2.23. The number of amides is 2. The van der Waals surface area contributed by atoms with Gasteiger partial charge in [0.25, 0.3) is 5.91 Å². The minimum atomic E-state index is -0.218. The zero-order valence-corrected chi connectivity index (χ0v) is 15.9. The van der Waals surface area contributed by atoms with Crippen LogP contribution in [0.15, 0.2) is 36.7 Å². The lowest BCUT2D eigenvalue weighted by molar-refractivity contribution is -0.123. The summed E-state index contributed by atoms with van der Waals surface area (Å²) in [4.78, 5) is 25.8. The summed E-state index contributed by atoms with van der Waals surface area (Å²) in [5.74, 6) is -0.424. The molecule has 1 saturated heterocycles. The van der Waals surface area contributed by atoms with E-state index in [4.69, 9.17) is 17.3 Å². The second-order valence-corrected chi connectivity index (χ2v) is 7.24. The van der Waals surface area contributed by atoms with E-state index in [9.17, 15) is 9.59 Å². The van der Waals surface area contributed by atoms with Gasteiger partial charge in [-0.3, -0.25) is 9.59 Å². The maximum absolute atomic E-state index is 12.3. The third-order valence-electron chi connectivity index (χ3n) is 4.76. The van der Waals surface area contributed by atoms with Crippen molar-refractivity contribution >= 4 is 23.4 Å². The maximum atomic E-state index is 12.3. The number of carbonyl (C=O) groups excluding carboxylic acids is 2. The smallest absolute Gasteiger partial charge is 0.254 e. The van der Waals surface area contributed by atoms with Gasteiger partial charge in [-0.05, 0) is 50.6 Å². The van der Waals surface area contributed by atoms with Crippen LogP contribution in [-0.4, -0.2) is 52.7 Å². The number of rotatable bonds is 7. The fourth-order valence-corrected chi connectivity index (χ4v) is 3.48. The van der Waals surface area contributed by atoms with Crippen LogP contribution in [-0.2, 0) is 4.79 Å². The SMILES string of the molecule is NC(=O)C1CCCN(CCCNC(=O)c2cnn(-c3cccc(Cl)c3)c2)C1. The Labute approximate surface area is 163 Å². The molecule has 7 nitrogen and oxygen atoms in total. The molecule has 144 valence electrons. The first-order chi connectivity index (χ1) is 13.0. The van der Waals surface area contributed by atoms with E-state index in [1.165, 1.54) is 0 Å². The Morgan fingerprint density at radius 1 is 1.37 bits per heavy atom. The average molecular weight is 390 g/mol. The molecule has 1 unspecified atom stereocenters. The summed E-state index contributed by atoms with van der Waals surface area (Å²) in [6, 6.07) is 7.28. The van der Waals surface area contributed by atoms with Gasteiger partial charge in [-0.2, -0.15) is 5.10 Å². The third kappa shape index (κ3) is 5.30. The number of nitrogens with one attached hydrogen (secondary N) is 1. The third-order valence-corrected chi connectivity index (χ3v) is 5.00. The van der Waals surface area contributed by atoms with Gasteiger partial charge in [-0.1, -0.05) is 17.7 Å². The lowest BCUT2D eigenvalue weighted by Gasteiger charge is -2.31. The monoisotopic (exact) mass is 389 g/mol. The van der Waals surface area contributed by atoms with E-state index in [0.29, 0.717) is 17.1 Å². The van der Waals surface area contributed by atoms with Crippen LogP contribution in [0, 0.1) is 5.92 Å². The largest absolute Gasteiger partial charge is 0.369 e. The molecule has 0 saturated carbocycles. The highest BCUT2D eigenvalue weighted by Crippen LogP contribution is 2.16. The Bertz CT molecular complexity index is 807. The van der Waals surface area contributed by atoms with Gasteiger partial charge in [0.15, 0.2) is 0 Å². The quantitative estimate of drug-likeness (QED) is 0.706. The number of nitrogens with two attached hydrogens (primary N) is 1. The Morgan fingerprint density at radius 2 is 2.22 bits per heavy atom. The van der Waals surface area contributed by atoms with E-state index in [0.717, 1.165) is 44.6 Å². The lowest BCUT2D eigenvalue weighted by atomic mass is 9.97. The summed E-state index contributed by atoms with van der Waals surface area (Å²) in [5, 5.41) is 7.75. The second-order valence-electron chi connectivity index (χ2n) is 6.81. The minimum absolute atomic E-state index is 0.0503. The van der Waals surface area contributed by atoms with Crippen molar-refractivity contribution in [2.24, 2.45) is 11.7 Å². The average Bonchev–Trinajstić information content (AvgIpc) is 3.16. The molecular weight excluding hydrogens is 366 g/mol. The number of likely N-dealkylation sites (tertiary alicyclic amines) is 1. The van der Waals surface area contributed by atoms with Crippen LogP contribution in [0.25, 0.3) is 5.69 Å². The fourth-order valence-electron chi connectivity index (χ4n) is 3.30. The molecular formula is C19H24ClN5O2. The van der Waals surface area contributed by atoms with Gasteiger partial charge in [-0.25, -0.2) is 4.68 Å². The lowest BCUT2D eigenvalue weighted by Crippen LogP contribution is -2.42. The zero-order valence-electron chi connectivity index (χ0n) is 15.1. The molecule has 0 aliphatic carbocycles. The first kappa shape index (κ1) is 19.4. The molecule has 0 radical (unpaired) electrons. The number of piperidine rings is 1. The zero-order chi connectivity index (χ0) is 19.2. The van der Waals surface area contributed by atoms with E-state index < -0.39 is 0 Å². The van der Waals surface area contributed by atoms with E-state index in [-0.39, 0.29) is 17.7 Å². The molecule has 2 aromatic rings. The van der Waals surface area contributed by atoms with Crippen molar-refractivity contribution in [3.8, 4) is 5.69 Å². The molecule has 3 rings (SSSR count). The highest BCUT2D eigenvalue weighted by atomic mass is 35.5. The molecule has 2 heterocycles. The maximum Gasteiger partial charge on any atom is 0.254 e. The number of hydrogen-bond donors (Lipinski definition) is 2. The molecule has 0 bridgehead atoms. The predicted octanol–water partition coefficient (Wildman–Crippen LogP) is 1.84. The molecule has 1 fully saturated rings. The standard InChI is InChI=1S/C19H24ClN5O2/c20-16-5-1-6-17(10-16)25-13-15(11-23-25)19(27)22-7-3-9-24-8-2-4-14(12-24)18(21)26/h1,5-6,10-11,13-14H,2-4,7-9,12H2,(H2,21,26)(H,22,27). The summed E-state index contributed by atoms with van der Waals surface area (Å²) < 4.78 is 1.62. The van der Waals surface area contributed by atoms with E-state index in [1.807, 2.05) is 12.1 Å². The number of benzene rings is 1. The van der Waals surface area contributed by atoms with Gasteiger partial charge in [0, 0.05) is 24.3 Å². The molecule has 1 aliphatic rings. The Morgan fingerprint density at radius 3 is 3.00 bits per heavy atom. The van der Waals surface area contributed by atoms with Crippen molar-refractivity contribution in [3.63, 3.8) is 0 Å². The van der Waals surface area contributed by atoms with Crippen LogP contribution in [0.4, 0.5) is 0 Å². The molecule has 1 atom stereocenters. The summed E-state index contributed by atoms with van der Waals surface area (Å²) in [5.41, 5.74) is 6.71. The highest BCUT2D eigenvalue weighted by molar-refractivity contribution is 6.30. The van der Waals surface area contributed by atoms with E-state index in [2.05, 4.69) is 15.3 Å². The Hall–Kier alpha value is -2.38. The van der Waals surface area contributed by atoms with Gasteiger partial charge in [-0.15, -0.1) is 0 Å². The van der Waals surface area contributed by atoms with Gasteiger partial charge in [0.2, 0.25) is 5.91 Å². The van der Waals surface area contributed by atoms with Crippen molar-refractivity contribution in [1.82, 2.24) is 20.0 Å². The van der Waals surface area contributed by atoms with E-state index in [1.54, 1.807) is 29.2 Å². The van der Waals surface area contributed by atoms with Gasteiger partial charge < -0.3 is 16.0 Å². The number of carbonyl (C=O) groups is 2. The first-order valence-electron chi connectivity index (χ1n) is 9.13. The predicted molar refractivity (Wildman–Crippen MR) is 104 cm³/mol. The minimum Gasteiger partial charge on any atom is -0.369 e. The molecule has 1 aliphatic heterocycles. The summed E-state index contributed by atoms with van der Waals surface area (Å²) in [7, 11) is 0. The van der Waals surface area contributed by atoms with Gasteiger partial charge in [0.05, 0.1) is 23.4 Å². The molecule has 1 aromatic carbocycles. The number of halogens is 1. The summed E-state index contributed by atoms with van der Waals surface area (Å²) in [6.45, 7) is 3.10. The Balaban J connectivity index is 1.44. The Kier molecular flexibility index (Phi) is 6.47. The van der Waals surface area contributed by atoms with Crippen molar-refractivity contribution < 1.29 is 9.59 Å². The number of nitrogens with zero attached hydrogens (tertiary/aromatic N) is 3. The summed E-state index contributed by atoms with van der Waals surface area (Å²) in [6.07, 6.45) is 5.91. The second kappa shape index (κ2) is 9.01. The molecule has 3 N–H and O–H groups in total. The van der Waals surface area contributed by atoms with Crippen molar-refractivity contribution in [3.05, 3.63) is 47.2 Å². The molecule has 2 amide bonds. The molecule has 0 spiro atoms. The van der Waals surface area contributed by atoms with Crippen LogP contribution < -0.4 is 11.1 Å². The molecule has 1 aromatic heterocycles. The fraction of sp³-hybridized carbons (Fsp3) is 0.421. The molecule has 8 heteroatoms. The van der Waals surface area contributed by atoms with Crippen LogP contribution in [0.1, 0.15) is 29.6 Å². The van der Waals surface area contributed by atoms with Crippen molar-refractivity contribution in [1.29, 1.82) is 0 Å². The van der Waals surface area contributed by atoms with Crippen LogP contribution in [0.3, 0.4) is 0 Å². The topological polar surface area (TPSA) is 93.2 Å². The normalized spacial score (nSPS) is 17.6.